The molecule has 0 aromatic carbocycles. The van der Waals surface area contributed by atoms with Crippen LogP contribution in [0.1, 0.15) is 181 Å². The molecular weight excluding hydrogens is 745 g/mol. The topological polar surface area (TPSA) is 78.9 Å². The second kappa shape index (κ2) is 47.5. The third-order valence-corrected chi connectivity index (χ3v) is 9.18. The summed E-state index contributed by atoms with van der Waals surface area (Å²) >= 11 is 0. The molecular formula is C54H84O6. The Hall–Kier alpha value is -4.19. The Bertz CT molecular complexity index is 1320. The Morgan fingerprint density at radius 2 is 0.683 bits per heavy atom. The van der Waals surface area contributed by atoms with E-state index in [9.17, 15) is 14.4 Å². The lowest BCUT2D eigenvalue weighted by atomic mass is 10.1. The lowest BCUT2D eigenvalue weighted by Crippen LogP contribution is -2.30. The van der Waals surface area contributed by atoms with E-state index in [0.29, 0.717) is 19.3 Å². The summed E-state index contributed by atoms with van der Waals surface area (Å²) in [5.74, 6) is -1.06. The molecule has 1 unspecified atom stereocenters. The second-order valence-corrected chi connectivity index (χ2v) is 14.9. The van der Waals surface area contributed by atoms with Crippen LogP contribution in [0.25, 0.3) is 0 Å². The van der Waals surface area contributed by atoms with Gasteiger partial charge in [0.1, 0.15) is 13.2 Å². The van der Waals surface area contributed by atoms with Gasteiger partial charge >= 0.3 is 17.9 Å². The Morgan fingerprint density at radius 3 is 1.15 bits per heavy atom. The van der Waals surface area contributed by atoms with Crippen LogP contribution in [0.3, 0.4) is 0 Å². The van der Waals surface area contributed by atoms with Gasteiger partial charge in [-0.15, -0.1) is 0 Å². The smallest absolute Gasteiger partial charge is 0.306 e. The van der Waals surface area contributed by atoms with Crippen LogP contribution in [0, 0.1) is 0 Å². The number of hydrogen-bond donors (Lipinski definition) is 0. The monoisotopic (exact) mass is 829 g/mol. The van der Waals surface area contributed by atoms with E-state index in [1.165, 1.54) is 12.8 Å². The molecule has 0 aliphatic rings. The minimum absolute atomic E-state index is 0.122. The molecule has 0 saturated heterocycles. The molecule has 6 nitrogen and oxygen atoms in total. The van der Waals surface area contributed by atoms with Gasteiger partial charge in [-0.2, -0.15) is 0 Å². The number of unbranched alkanes of at least 4 members (excludes halogenated alkanes) is 9. The van der Waals surface area contributed by atoms with E-state index >= 15 is 0 Å². The first-order valence-electron chi connectivity index (χ1n) is 23.5. The summed E-state index contributed by atoms with van der Waals surface area (Å²) < 4.78 is 16.6. The van der Waals surface area contributed by atoms with Gasteiger partial charge in [0.15, 0.2) is 6.10 Å². The van der Waals surface area contributed by atoms with E-state index in [1.807, 2.05) is 12.2 Å². The highest BCUT2D eigenvalue weighted by atomic mass is 16.6. The van der Waals surface area contributed by atoms with E-state index in [1.54, 1.807) is 0 Å². The number of rotatable bonds is 40. The SMILES string of the molecule is CC/C=C\C/C=C\C/C=C\C/C=C\C/C=C\C/C=C\CCC(=O)OCC(COC(=O)CCCCCCC/C=C\CCC)OC(=O)CCCCC/C=C\C/C=C\C/C=C\CC. The Labute approximate surface area is 367 Å². The summed E-state index contributed by atoms with van der Waals surface area (Å²) in [4.78, 5) is 37.7. The minimum atomic E-state index is -0.828. The molecule has 0 rings (SSSR count). The van der Waals surface area contributed by atoms with Gasteiger partial charge in [0.2, 0.25) is 0 Å². The highest BCUT2D eigenvalue weighted by Crippen LogP contribution is 2.11. The van der Waals surface area contributed by atoms with Crippen LogP contribution in [0.5, 0.6) is 0 Å². The van der Waals surface area contributed by atoms with Crippen LogP contribution in [0.2, 0.25) is 0 Å². The maximum atomic E-state index is 12.7. The van der Waals surface area contributed by atoms with E-state index in [2.05, 4.69) is 130 Å². The van der Waals surface area contributed by atoms with Gasteiger partial charge in [-0.25, -0.2) is 0 Å². The quantitative estimate of drug-likeness (QED) is 0.0265. The highest BCUT2D eigenvalue weighted by molar-refractivity contribution is 5.71. The Balaban J connectivity index is 4.55. The maximum absolute atomic E-state index is 12.7. The lowest BCUT2D eigenvalue weighted by molar-refractivity contribution is -0.166. The van der Waals surface area contributed by atoms with Crippen molar-refractivity contribution in [2.24, 2.45) is 0 Å². The van der Waals surface area contributed by atoms with Crippen molar-refractivity contribution >= 4 is 17.9 Å². The van der Waals surface area contributed by atoms with Gasteiger partial charge in [-0.1, -0.05) is 174 Å². The summed E-state index contributed by atoms with van der Waals surface area (Å²) in [5.41, 5.74) is 0. The molecule has 0 aliphatic carbocycles. The standard InChI is InChI=1S/C54H84O6/c1-4-7-10-13-16-19-22-24-25-26-27-28-29-31-32-35-38-41-44-47-53(56)59-50-51(49-58-52(55)46-43-40-37-34-21-18-15-12-9-6-3)60-54(57)48-45-42-39-36-33-30-23-20-17-14-11-8-5-2/h7-8,10-12,15-17,19-20,24-25,27-28,30-33,38,41,51H,4-6,9,13-14,18,21-23,26,29,34-37,39-40,42-50H2,1-3H3/b10-7-,11-8-,15-12-,19-16-,20-17-,25-24-,28-27-,32-31-,33-30-,41-38-. The first-order valence-corrected chi connectivity index (χ1v) is 23.5. The average molecular weight is 829 g/mol. The average Bonchev–Trinajstić information content (AvgIpc) is 3.24. The van der Waals surface area contributed by atoms with Crippen LogP contribution in [0.15, 0.2) is 122 Å². The summed E-state index contributed by atoms with van der Waals surface area (Å²) in [5, 5.41) is 0. The predicted octanol–water partition coefficient (Wildman–Crippen LogP) is 15.4. The highest BCUT2D eigenvalue weighted by Gasteiger charge is 2.19. The van der Waals surface area contributed by atoms with Gasteiger partial charge in [0.05, 0.1) is 0 Å². The van der Waals surface area contributed by atoms with Crippen LogP contribution in [-0.4, -0.2) is 37.2 Å². The first-order chi connectivity index (χ1) is 29.5. The maximum Gasteiger partial charge on any atom is 0.306 e. The van der Waals surface area contributed by atoms with E-state index in [0.717, 1.165) is 116 Å². The van der Waals surface area contributed by atoms with Crippen molar-refractivity contribution in [1.82, 2.24) is 0 Å². The van der Waals surface area contributed by atoms with Gasteiger partial charge in [0.25, 0.3) is 0 Å². The van der Waals surface area contributed by atoms with Crippen molar-refractivity contribution in [3.05, 3.63) is 122 Å². The number of ether oxygens (including phenoxy) is 3. The third kappa shape index (κ3) is 44.9. The minimum Gasteiger partial charge on any atom is -0.462 e. The molecule has 0 spiro atoms. The van der Waals surface area contributed by atoms with Crippen molar-refractivity contribution < 1.29 is 28.6 Å². The zero-order chi connectivity index (χ0) is 43.7. The largest absolute Gasteiger partial charge is 0.462 e. The summed E-state index contributed by atoms with van der Waals surface area (Å²) in [6, 6.07) is 0. The van der Waals surface area contributed by atoms with E-state index in [4.69, 9.17) is 14.2 Å². The Kier molecular flexibility index (Phi) is 44.2. The van der Waals surface area contributed by atoms with Gasteiger partial charge in [0, 0.05) is 19.3 Å². The zero-order valence-corrected chi connectivity index (χ0v) is 38.2. The molecule has 0 amide bonds. The number of allylic oxidation sites excluding steroid dienone is 20. The lowest BCUT2D eigenvalue weighted by Gasteiger charge is -2.18. The molecule has 1 atom stereocenters. The van der Waals surface area contributed by atoms with Gasteiger partial charge < -0.3 is 14.2 Å². The molecule has 0 aromatic heterocycles. The third-order valence-electron chi connectivity index (χ3n) is 9.18. The van der Waals surface area contributed by atoms with Crippen molar-refractivity contribution in [3.63, 3.8) is 0 Å². The molecule has 0 radical (unpaired) electrons. The Morgan fingerprint density at radius 1 is 0.350 bits per heavy atom. The van der Waals surface area contributed by atoms with Crippen molar-refractivity contribution in [3.8, 4) is 0 Å². The van der Waals surface area contributed by atoms with Gasteiger partial charge in [-0.3, -0.25) is 14.4 Å². The number of carbonyl (C=O) groups is 3. The zero-order valence-electron chi connectivity index (χ0n) is 38.2. The van der Waals surface area contributed by atoms with Crippen LogP contribution in [0.4, 0.5) is 0 Å². The summed E-state index contributed by atoms with van der Waals surface area (Å²) in [6.45, 7) is 6.21. The number of carbonyl (C=O) groups excluding carboxylic acids is 3. The molecule has 0 aromatic rings. The molecule has 0 saturated carbocycles. The second-order valence-electron chi connectivity index (χ2n) is 14.9. The van der Waals surface area contributed by atoms with Crippen LogP contribution >= 0.6 is 0 Å². The van der Waals surface area contributed by atoms with Crippen LogP contribution in [-0.2, 0) is 28.6 Å². The fourth-order valence-corrected chi connectivity index (χ4v) is 5.72. The summed E-state index contributed by atoms with van der Waals surface area (Å²) in [7, 11) is 0. The van der Waals surface area contributed by atoms with Gasteiger partial charge in [-0.05, 0) is 109 Å². The predicted molar refractivity (Wildman–Crippen MR) is 256 cm³/mol. The van der Waals surface area contributed by atoms with Crippen molar-refractivity contribution in [2.45, 2.75) is 187 Å². The normalized spacial score (nSPS) is 13.2. The number of hydrogen-bond acceptors (Lipinski definition) is 6. The van der Waals surface area contributed by atoms with E-state index in [-0.39, 0.29) is 44.0 Å². The molecule has 0 fully saturated rings. The molecule has 60 heavy (non-hydrogen) atoms. The number of esters is 3. The summed E-state index contributed by atoms with van der Waals surface area (Å²) in [6.07, 6.45) is 64.8. The molecule has 0 heterocycles. The molecule has 0 N–H and O–H groups in total. The van der Waals surface area contributed by atoms with E-state index < -0.39 is 6.10 Å². The first kappa shape index (κ1) is 55.8. The molecule has 0 aliphatic heterocycles. The molecule has 336 valence electrons. The fourth-order valence-electron chi connectivity index (χ4n) is 5.72. The molecule has 6 heteroatoms. The fraction of sp³-hybridized carbons (Fsp3) is 0.574. The molecule has 0 bridgehead atoms. The van der Waals surface area contributed by atoms with Crippen molar-refractivity contribution in [1.29, 1.82) is 0 Å². The van der Waals surface area contributed by atoms with Crippen molar-refractivity contribution in [2.75, 3.05) is 13.2 Å². The van der Waals surface area contributed by atoms with Crippen LogP contribution < -0.4 is 0 Å².